The highest BCUT2D eigenvalue weighted by molar-refractivity contribution is 5.18. The van der Waals surface area contributed by atoms with Gasteiger partial charge in [-0.15, -0.1) is 0 Å². The summed E-state index contributed by atoms with van der Waals surface area (Å²) in [5.74, 6) is 0. The average molecular weight is 206 g/mol. The molecule has 1 aromatic carbocycles. The molecule has 0 fully saturated rings. The van der Waals surface area contributed by atoms with Crippen LogP contribution in [0.4, 0.5) is 0 Å². The molecular formula is C13H22N2. The molecule has 84 valence electrons. The van der Waals surface area contributed by atoms with Crippen LogP contribution in [0.1, 0.15) is 31.4 Å². The van der Waals surface area contributed by atoms with Crippen LogP contribution in [-0.2, 0) is 0 Å². The third-order valence-electron chi connectivity index (χ3n) is 2.73. The Morgan fingerprint density at radius 1 is 1.27 bits per heavy atom. The van der Waals surface area contributed by atoms with Crippen molar-refractivity contribution in [1.82, 2.24) is 4.90 Å². The highest BCUT2D eigenvalue weighted by atomic mass is 15.1. The van der Waals surface area contributed by atoms with Crippen molar-refractivity contribution in [2.75, 3.05) is 20.1 Å². The summed E-state index contributed by atoms with van der Waals surface area (Å²) in [6.07, 6.45) is 2.21. The van der Waals surface area contributed by atoms with Crippen LogP contribution >= 0.6 is 0 Å². The van der Waals surface area contributed by atoms with Gasteiger partial charge in [-0.3, -0.25) is 4.90 Å². The molecule has 0 saturated heterocycles. The van der Waals surface area contributed by atoms with E-state index in [1.165, 1.54) is 12.0 Å². The molecule has 0 aliphatic heterocycles. The summed E-state index contributed by atoms with van der Waals surface area (Å²) in [6.45, 7) is 4.08. The van der Waals surface area contributed by atoms with E-state index in [9.17, 15) is 0 Å². The predicted octanol–water partition coefficient (Wildman–Crippen LogP) is 2.42. The molecule has 0 aliphatic rings. The minimum Gasteiger partial charge on any atom is -0.330 e. The van der Waals surface area contributed by atoms with Gasteiger partial charge in [0.2, 0.25) is 0 Å². The fourth-order valence-corrected chi connectivity index (χ4v) is 1.98. The monoisotopic (exact) mass is 206 g/mol. The lowest BCUT2D eigenvalue weighted by atomic mass is 10.0. The van der Waals surface area contributed by atoms with Crippen LogP contribution in [-0.4, -0.2) is 25.0 Å². The van der Waals surface area contributed by atoms with Gasteiger partial charge in [-0.05, 0) is 38.5 Å². The van der Waals surface area contributed by atoms with Crippen LogP contribution in [0.15, 0.2) is 30.3 Å². The van der Waals surface area contributed by atoms with Crippen molar-refractivity contribution in [1.29, 1.82) is 0 Å². The van der Waals surface area contributed by atoms with Gasteiger partial charge >= 0.3 is 0 Å². The largest absolute Gasteiger partial charge is 0.330 e. The first-order valence-corrected chi connectivity index (χ1v) is 5.74. The predicted molar refractivity (Wildman–Crippen MR) is 65.8 cm³/mol. The van der Waals surface area contributed by atoms with E-state index < -0.39 is 0 Å². The highest BCUT2D eigenvalue weighted by Crippen LogP contribution is 2.22. The summed E-state index contributed by atoms with van der Waals surface area (Å²) in [5, 5.41) is 0. The molecule has 1 atom stereocenters. The quantitative estimate of drug-likeness (QED) is 0.774. The van der Waals surface area contributed by atoms with Crippen LogP contribution in [0.25, 0.3) is 0 Å². The van der Waals surface area contributed by atoms with Crippen molar-refractivity contribution in [3.63, 3.8) is 0 Å². The Balaban J connectivity index is 2.73. The maximum Gasteiger partial charge on any atom is 0.0357 e. The maximum atomic E-state index is 5.67. The molecule has 0 radical (unpaired) electrons. The van der Waals surface area contributed by atoms with Gasteiger partial charge in [-0.25, -0.2) is 0 Å². The smallest absolute Gasteiger partial charge is 0.0357 e. The molecule has 0 heterocycles. The Labute approximate surface area is 93.1 Å². The molecule has 0 bridgehead atoms. The van der Waals surface area contributed by atoms with Crippen LogP contribution in [0.3, 0.4) is 0 Å². The molecule has 0 saturated carbocycles. The minimum atomic E-state index is 0.469. The van der Waals surface area contributed by atoms with Crippen molar-refractivity contribution < 1.29 is 0 Å². The standard InChI is InChI=1S/C13H22N2/c1-3-11-15(2)13(9-10-14)12-7-5-4-6-8-12/h4-8,13H,3,9-11,14H2,1-2H3. The third-order valence-corrected chi connectivity index (χ3v) is 2.73. The first-order valence-electron chi connectivity index (χ1n) is 5.74. The van der Waals surface area contributed by atoms with E-state index in [0.29, 0.717) is 6.04 Å². The molecule has 0 spiro atoms. The fourth-order valence-electron chi connectivity index (χ4n) is 1.98. The van der Waals surface area contributed by atoms with E-state index >= 15 is 0 Å². The van der Waals surface area contributed by atoms with E-state index in [1.54, 1.807) is 0 Å². The van der Waals surface area contributed by atoms with E-state index in [0.717, 1.165) is 19.5 Å². The lowest BCUT2D eigenvalue weighted by molar-refractivity contribution is 0.236. The summed E-state index contributed by atoms with van der Waals surface area (Å²) >= 11 is 0. The Morgan fingerprint density at radius 2 is 1.93 bits per heavy atom. The van der Waals surface area contributed by atoms with E-state index in [4.69, 9.17) is 5.73 Å². The number of rotatable bonds is 6. The Morgan fingerprint density at radius 3 is 2.47 bits per heavy atom. The zero-order valence-electron chi connectivity index (χ0n) is 9.82. The van der Waals surface area contributed by atoms with Crippen LogP contribution in [0, 0.1) is 0 Å². The molecule has 1 rings (SSSR count). The van der Waals surface area contributed by atoms with Gasteiger partial charge in [0, 0.05) is 6.04 Å². The van der Waals surface area contributed by atoms with Crippen molar-refractivity contribution in [2.45, 2.75) is 25.8 Å². The van der Waals surface area contributed by atoms with Gasteiger partial charge in [0.25, 0.3) is 0 Å². The van der Waals surface area contributed by atoms with Gasteiger partial charge in [-0.1, -0.05) is 37.3 Å². The molecular weight excluding hydrogens is 184 g/mol. The summed E-state index contributed by atoms with van der Waals surface area (Å²) in [6, 6.07) is 11.1. The topological polar surface area (TPSA) is 29.3 Å². The second-order valence-electron chi connectivity index (χ2n) is 3.98. The first kappa shape index (κ1) is 12.2. The number of benzene rings is 1. The molecule has 0 aliphatic carbocycles. The van der Waals surface area contributed by atoms with Crippen molar-refractivity contribution >= 4 is 0 Å². The molecule has 15 heavy (non-hydrogen) atoms. The molecule has 2 N–H and O–H groups in total. The molecule has 0 aromatic heterocycles. The first-order chi connectivity index (χ1) is 7.29. The van der Waals surface area contributed by atoms with Crippen molar-refractivity contribution in [3.05, 3.63) is 35.9 Å². The maximum absolute atomic E-state index is 5.67. The normalized spacial score (nSPS) is 13.1. The molecule has 0 amide bonds. The summed E-state index contributed by atoms with van der Waals surface area (Å²) in [4.78, 5) is 2.39. The van der Waals surface area contributed by atoms with Crippen LogP contribution in [0.2, 0.25) is 0 Å². The number of nitrogens with two attached hydrogens (primary N) is 1. The molecule has 1 unspecified atom stereocenters. The molecule has 2 nitrogen and oxygen atoms in total. The lowest BCUT2D eigenvalue weighted by Crippen LogP contribution is -2.27. The van der Waals surface area contributed by atoms with E-state index in [2.05, 4.69) is 49.2 Å². The second kappa shape index (κ2) is 6.59. The summed E-state index contributed by atoms with van der Waals surface area (Å²) in [7, 11) is 2.18. The SMILES string of the molecule is CCCN(C)C(CCN)c1ccccc1. The summed E-state index contributed by atoms with van der Waals surface area (Å²) < 4.78 is 0. The average Bonchev–Trinajstić information content (AvgIpc) is 2.27. The van der Waals surface area contributed by atoms with Gasteiger partial charge in [0.1, 0.15) is 0 Å². The van der Waals surface area contributed by atoms with E-state index in [1.807, 2.05) is 0 Å². The van der Waals surface area contributed by atoms with Gasteiger partial charge in [0.15, 0.2) is 0 Å². The Hall–Kier alpha value is -0.860. The van der Waals surface area contributed by atoms with Crippen LogP contribution in [0.5, 0.6) is 0 Å². The second-order valence-corrected chi connectivity index (χ2v) is 3.98. The molecule has 1 aromatic rings. The van der Waals surface area contributed by atoms with Gasteiger partial charge in [0.05, 0.1) is 0 Å². The summed E-state index contributed by atoms with van der Waals surface area (Å²) in [5.41, 5.74) is 7.05. The van der Waals surface area contributed by atoms with Crippen molar-refractivity contribution in [2.24, 2.45) is 5.73 Å². The van der Waals surface area contributed by atoms with Gasteiger partial charge < -0.3 is 5.73 Å². The number of hydrogen-bond acceptors (Lipinski definition) is 2. The molecule has 2 heteroatoms. The van der Waals surface area contributed by atoms with Crippen LogP contribution < -0.4 is 5.73 Å². The van der Waals surface area contributed by atoms with Gasteiger partial charge in [-0.2, -0.15) is 0 Å². The Bertz CT molecular complexity index is 258. The highest BCUT2D eigenvalue weighted by Gasteiger charge is 2.14. The zero-order chi connectivity index (χ0) is 11.1. The Kier molecular flexibility index (Phi) is 5.37. The van der Waals surface area contributed by atoms with E-state index in [-0.39, 0.29) is 0 Å². The fraction of sp³-hybridized carbons (Fsp3) is 0.538. The number of nitrogens with zero attached hydrogens (tertiary/aromatic N) is 1. The lowest BCUT2D eigenvalue weighted by Gasteiger charge is -2.27. The number of hydrogen-bond donors (Lipinski definition) is 1. The van der Waals surface area contributed by atoms with Crippen molar-refractivity contribution in [3.8, 4) is 0 Å². The zero-order valence-corrected chi connectivity index (χ0v) is 9.82. The third kappa shape index (κ3) is 3.65. The minimum absolute atomic E-state index is 0.469.